The van der Waals surface area contributed by atoms with E-state index in [4.69, 9.17) is 10.5 Å². The molecule has 0 aliphatic carbocycles. The van der Waals surface area contributed by atoms with Crippen molar-refractivity contribution in [3.8, 4) is 5.75 Å². The number of nitrogens with one attached hydrogen (secondary N) is 1. The van der Waals surface area contributed by atoms with Gasteiger partial charge in [-0.15, -0.1) is 0 Å². The highest BCUT2D eigenvalue weighted by Gasteiger charge is 2.24. The molecule has 0 atom stereocenters. The fourth-order valence-corrected chi connectivity index (χ4v) is 2.09. The molecule has 17 heavy (non-hydrogen) atoms. The van der Waals surface area contributed by atoms with Crippen LogP contribution in [0.5, 0.6) is 5.75 Å². The Kier molecular flexibility index (Phi) is 3.35. The Morgan fingerprint density at radius 3 is 3.06 bits per heavy atom. The van der Waals surface area contributed by atoms with Gasteiger partial charge in [0.05, 0.1) is 0 Å². The molecule has 1 aromatic carbocycles. The average Bonchev–Trinajstić information content (AvgIpc) is 2.50. The Hall–Kier alpha value is -1.53. The summed E-state index contributed by atoms with van der Waals surface area (Å²) < 4.78 is 5.46. The highest BCUT2D eigenvalue weighted by molar-refractivity contribution is 6.43. The van der Waals surface area contributed by atoms with Crippen molar-refractivity contribution >= 4 is 13.0 Å². The number of amides is 1. The van der Waals surface area contributed by atoms with E-state index in [-0.39, 0.29) is 5.91 Å². The number of carbonyl (C=O) groups excluding carboxylic acids is 1. The van der Waals surface area contributed by atoms with E-state index in [0.29, 0.717) is 23.2 Å². The molecule has 1 heterocycles. The topological polar surface area (TPSA) is 84.6 Å². The van der Waals surface area contributed by atoms with Crippen molar-refractivity contribution in [2.45, 2.75) is 26.1 Å². The van der Waals surface area contributed by atoms with Gasteiger partial charge in [0.15, 0.2) is 0 Å². The average molecular weight is 234 g/mol. The largest absolute Gasteiger partial charge is 0.536 e. The van der Waals surface area contributed by atoms with Crippen molar-refractivity contribution in [1.82, 2.24) is 5.43 Å². The number of rotatable bonds is 1. The zero-order chi connectivity index (χ0) is 12.4. The second-order valence-electron chi connectivity index (χ2n) is 4.16. The van der Waals surface area contributed by atoms with E-state index in [1.54, 1.807) is 13.0 Å². The molecule has 1 aliphatic rings. The van der Waals surface area contributed by atoms with Crippen LogP contribution in [-0.2, 0) is 6.42 Å². The quantitative estimate of drug-likeness (QED) is 0.284. The van der Waals surface area contributed by atoms with Crippen LogP contribution in [0.15, 0.2) is 12.1 Å². The number of hydrogen-bond donors (Lipinski definition) is 3. The molecule has 4 N–H and O–H groups in total. The highest BCUT2D eigenvalue weighted by atomic mass is 16.5. The molecule has 6 heteroatoms. The van der Waals surface area contributed by atoms with Gasteiger partial charge in [0, 0.05) is 11.1 Å². The van der Waals surface area contributed by atoms with E-state index in [1.807, 2.05) is 6.07 Å². The van der Waals surface area contributed by atoms with Gasteiger partial charge in [-0.05, 0) is 37.7 Å². The Morgan fingerprint density at radius 2 is 2.35 bits per heavy atom. The summed E-state index contributed by atoms with van der Waals surface area (Å²) in [7, 11) is -0.800. The minimum Gasteiger partial charge on any atom is -0.536 e. The first-order valence-corrected chi connectivity index (χ1v) is 5.61. The minimum atomic E-state index is -0.800. The minimum absolute atomic E-state index is 0.354. The summed E-state index contributed by atoms with van der Waals surface area (Å²) >= 11 is 0. The Balaban J connectivity index is 2.46. The standard InChI is InChI=1S/C11H15BN2O3/c1-7-9(11(15)14-13)5-4-8-3-2-6-12(16)17-10(7)8/h4-5,16H,2-3,6,13H2,1H3,(H,14,15). The van der Waals surface area contributed by atoms with Crippen LogP contribution in [0.4, 0.5) is 0 Å². The summed E-state index contributed by atoms with van der Waals surface area (Å²) in [4.78, 5) is 11.5. The van der Waals surface area contributed by atoms with E-state index in [0.717, 1.165) is 18.4 Å². The predicted octanol–water partition coefficient (Wildman–Crippen LogP) is 0.404. The molecule has 0 radical (unpaired) electrons. The van der Waals surface area contributed by atoms with Gasteiger partial charge in [-0.25, -0.2) is 5.84 Å². The molecule has 5 nitrogen and oxygen atoms in total. The Bertz CT molecular complexity index is 451. The molecule has 0 saturated heterocycles. The number of hydrazine groups is 1. The van der Waals surface area contributed by atoms with Crippen LogP contribution in [0.25, 0.3) is 0 Å². The van der Waals surface area contributed by atoms with Crippen LogP contribution in [0.2, 0.25) is 6.32 Å². The number of nitrogens with two attached hydrogens (primary N) is 1. The molecule has 0 fully saturated rings. The first kappa shape index (κ1) is 11.9. The Morgan fingerprint density at radius 1 is 1.59 bits per heavy atom. The normalized spacial score (nSPS) is 14.6. The fourth-order valence-electron chi connectivity index (χ4n) is 2.09. The molecule has 0 aromatic heterocycles. The first-order valence-electron chi connectivity index (χ1n) is 5.61. The third-order valence-corrected chi connectivity index (χ3v) is 3.01. The van der Waals surface area contributed by atoms with Crippen molar-refractivity contribution in [3.05, 3.63) is 28.8 Å². The lowest BCUT2D eigenvalue weighted by atomic mass is 9.84. The molecule has 1 aliphatic heterocycles. The highest BCUT2D eigenvalue weighted by Crippen LogP contribution is 2.31. The maximum Gasteiger partial charge on any atom is 0.522 e. The third-order valence-electron chi connectivity index (χ3n) is 3.01. The predicted molar refractivity (Wildman–Crippen MR) is 64.6 cm³/mol. The van der Waals surface area contributed by atoms with Crippen molar-refractivity contribution in [2.24, 2.45) is 5.84 Å². The SMILES string of the molecule is Cc1c(C(=O)NN)ccc2c1OB(O)CCC2. The van der Waals surface area contributed by atoms with Crippen molar-refractivity contribution in [1.29, 1.82) is 0 Å². The van der Waals surface area contributed by atoms with E-state index in [2.05, 4.69) is 5.43 Å². The fraction of sp³-hybridized carbons (Fsp3) is 0.364. The number of benzene rings is 1. The second kappa shape index (κ2) is 4.77. The van der Waals surface area contributed by atoms with Gasteiger partial charge < -0.3 is 9.68 Å². The van der Waals surface area contributed by atoms with Crippen LogP contribution in [0.3, 0.4) is 0 Å². The second-order valence-corrected chi connectivity index (χ2v) is 4.16. The van der Waals surface area contributed by atoms with Crippen LogP contribution >= 0.6 is 0 Å². The summed E-state index contributed by atoms with van der Waals surface area (Å²) in [6.45, 7) is 1.79. The molecule has 0 unspecified atom stereocenters. The van der Waals surface area contributed by atoms with Crippen molar-refractivity contribution < 1.29 is 14.5 Å². The zero-order valence-electron chi connectivity index (χ0n) is 9.69. The molecule has 0 bridgehead atoms. The van der Waals surface area contributed by atoms with Gasteiger partial charge in [0.25, 0.3) is 5.91 Å². The van der Waals surface area contributed by atoms with E-state index >= 15 is 0 Å². The third kappa shape index (κ3) is 2.27. The number of carbonyl (C=O) groups is 1. The van der Waals surface area contributed by atoms with Gasteiger partial charge in [-0.3, -0.25) is 10.2 Å². The van der Waals surface area contributed by atoms with E-state index < -0.39 is 7.12 Å². The smallest absolute Gasteiger partial charge is 0.522 e. The summed E-state index contributed by atoms with van der Waals surface area (Å²) in [6.07, 6.45) is 2.32. The van der Waals surface area contributed by atoms with Crippen LogP contribution in [0.1, 0.15) is 27.9 Å². The number of fused-ring (bicyclic) bond motifs is 1. The van der Waals surface area contributed by atoms with Gasteiger partial charge >= 0.3 is 7.12 Å². The van der Waals surface area contributed by atoms with Crippen LogP contribution in [0, 0.1) is 6.92 Å². The first-order chi connectivity index (χ1) is 8.13. The van der Waals surface area contributed by atoms with E-state index in [1.165, 1.54) is 0 Å². The lowest BCUT2D eigenvalue weighted by Gasteiger charge is -2.15. The van der Waals surface area contributed by atoms with Gasteiger partial charge in [-0.2, -0.15) is 0 Å². The number of hydrogen-bond acceptors (Lipinski definition) is 4. The molecular weight excluding hydrogens is 219 g/mol. The van der Waals surface area contributed by atoms with Crippen LogP contribution in [-0.4, -0.2) is 18.0 Å². The van der Waals surface area contributed by atoms with E-state index in [9.17, 15) is 9.82 Å². The van der Waals surface area contributed by atoms with Gasteiger partial charge in [0.1, 0.15) is 5.75 Å². The maximum atomic E-state index is 11.5. The molecule has 0 spiro atoms. The molecule has 90 valence electrons. The van der Waals surface area contributed by atoms with Crippen LogP contribution < -0.4 is 15.9 Å². The summed E-state index contributed by atoms with van der Waals surface area (Å²) in [6, 6.07) is 3.59. The molecule has 2 rings (SSSR count). The summed E-state index contributed by atoms with van der Waals surface area (Å²) in [5.41, 5.74) is 4.31. The lowest BCUT2D eigenvalue weighted by Crippen LogP contribution is -2.31. The summed E-state index contributed by atoms with van der Waals surface area (Å²) in [5, 5.41) is 9.60. The monoisotopic (exact) mass is 234 g/mol. The summed E-state index contributed by atoms with van der Waals surface area (Å²) in [5.74, 6) is 5.37. The van der Waals surface area contributed by atoms with Gasteiger partial charge in [-0.1, -0.05) is 6.07 Å². The van der Waals surface area contributed by atoms with Crippen molar-refractivity contribution in [3.63, 3.8) is 0 Å². The number of nitrogen functional groups attached to an aromatic ring is 1. The maximum absolute atomic E-state index is 11.5. The molecular formula is C11H15BN2O3. The molecule has 0 saturated carbocycles. The molecule has 1 aromatic rings. The Labute approximate surface area is 100 Å². The zero-order valence-corrected chi connectivity index (χ0v) is 9.69. The lowest BCUT2D eigenvalue weighted by molar-refractivity contribution is 0.0952. The number of aryl methyl sites for hydroxylation is 1. The molecule has 1 amide bonds. The van der Waals surface area contributed by atoms with Gasteiger partial charge in [0.2, 0.25) is 0 Å². The van der Waals surface area contributed by atoms with Crippen molar-refractivity contribution in [2.75, 3.05) is 0 Å².